The Morgan fingerprint density at radius 1 is 1.50 bits per heavy atom. The molecule has 2 aromatic rings. The first-order chi connectivity index (χ1) is 8.83. The molecule has 1 aromatic heterocycles. The molecular formula is C13H15N3OS. The summed E-state index contributed by atoms with van der Waals surface area (Å²) in [6, 6.07) is 5.87. The van der Waals surface area contributed by atoms with Gasteiger partial charge in [-0.25, -0.2) is 4.98 Å². The summed E-state index contributed by atoms with van der Waals surface area (Å²) >= 11 is 1.61. The molecule has 1 atom stereocenters. The van der Waals surface area contributed by atoms with E-state index in [-0.39, 0.29) is 11.8 Å². The summed E-state index contributed by atoms with van der Waals surface area (Å²) in [5.41, 5.74) is 3.60. The standard InChI is InChI=1S/C13H15N3OS/c17-13(9-2-1-5-14-7-9)16-10-3-4-12-11(6-10)15-8-18-12/h3-4,6,8-9,14H,1-2,5,7H2,(H,16,17). The summed E-state index contributed by atoms with van der Waals surface area (Å²) in [6.07, 6.45) is 2.04. The molecule has 1 aliphatic heterocycles. The van der Waals surface area contributed by atoms with Crippen LogP contribution in [0.1, 0.15) is 12.8 Å². The highest BCUT2D eigenvalue weighted by molar-refractivity contribution is 7.16. The van der Waals surface area contributed by atoms with E-state index < -0.39 is 0 Å². The van der Waals surface area contributed by atoms with Crippen LogP contribution >= 0.6 is 11.3 Å². The molecule has 1 amide bonds. The highest BCUT2D eigenvalue weighted by atomic mass is 32.1. The minimum atomic E-state index is 0.0879. The molecule has 0 bridgehead atoms. The van der Waals surface area contributed by atoms with Crippen molar-refractivity contribution in [1.29, 1.82) is 0 Å². The van der Waals surface area contributed by atoms with Crippen LogP contribution in [0.15, 0.2) is 23.7 Å². The summed E-state index contributed by atoms with van der Waals surface area (Å²) in [4.78, 5) is 16.3. The Labute approximate surface area is 109 Å². The molecule has 1 fully saturated rings. The normalized spacial score (nSPS) is 19.9. The SMILES string of the molecule is O=C(Nc1ccc2scnc2c1)C1CCCNC1. The van der Waals surface area contributed by atoms with Crippen molar-refractivity contribution in [3.05, 3.63) is 23.7 Å². The molecule has 2 N–H and O–H groups in total. The zero-order valence-corrected chi connectivity index (χ0v) is 10.8. The molecule has 3 rings (SSSR count). The fourth-order valence-corrected chi connectivity index (χ4v) is 2.91. The van der Waals surface area contributed by atoms with E-state index in [2.05, 4.69) is 15.6 Å². The van der Waals surface area contributed by atoms with Gasteiger partial charge in [-0.2, -0.15) is 0 Å². The maximum Gasteiger partial charge on any atom is 0.228 e. The molecule has 0 saturated carbocycles. The van der Waals surface area contributed by atoms with E-state index >= 15 is 0 Å². The van der Waals surface area contributed by atoms with E-state index in [4.69, 9.17) is 0 Å². The molecule has 2 heterocycles. The zero-order chi connectivity index (χ0) is 12.4. The van der Waals surface area contributed by atoms with Crippen molar-refractivity contribution in [3.8, 4) is 0 Å². The lowest BCUT2D eigenvalue weighted by Gasteiger charge is -2.21. The molecule has 4 nitrogen and oxygen atoms in total. The number of rotatable bonds is 2. The fraction of sp³-hybridized carbons (Fsp3) is 0.385. The van der Waals surface area contributed by atoms with Gasteiger partial charge in [-0.15, -0.1) is 11.3 Å². The van der Waals surface area contributed by atoms with Gasteiger partial charge < -0.3 is 10.6 Å². The van der Waals surface area contributed by atoms with E-state index in [0.717, 1.165) is 41.8 Å². The Bertz CT molecular complexity index is 560. The van der Waals surface area contributed by atoms with Gasteiger partial charge in [0.1, 0.15) is 0 Å². The molecule has 1 unspecified atom stereocenters. The Hall–Kier alpha value is -1.46. The number of fused-ring (bicyclic) bond motifs is 1. The van der Waals surface area contributed by atoms with E-state index in [1.165, 1.54) is 0 Å². The van der Waals surface area contributed by atoms with Gasteiger partial charge in [0.15, 0.2) is 0 Å². The maximum atomic E-state index is 12.1. The van der Waals surface area contributed by atoms with Crippen LogP contribution in [0, 0.1) is 5.92 Å². The first kappa shape index (κ1) is 11.6. The van der Waals surface area contributed by atoms with Gasteiger partial charge in [0.2, 0.25) is 5.91 Å². The number of benzene rings is 1. The van der Waals surface area contributed by atoms with Crippen molar-refractivity contribution in [2.24, 2.45) is 5.92 Å². The van der Waals surface area contributed by atoms with Gasteiger partial charge in [-0.3, -0.25) is 4.79 Å². The molecule has 0 spiro atoms. The number of carbonyl (C=O) groups is 1. The third-order valence-corrected chi connectivity index (χ3v) is 4.08. The number of hydrogen-bond acceptors (Lipinski definition) is 4. The van der Waals surface area contributed by atoms with Gasteiger partial charge >= 0.3 is 0 Å². The van der Waals surface area contributed by atoms with E-state index in [9.17, 15) is 4.79 Å². The van der Waals surface area contributed by atoms with Gasteiger partial charge in [0.25, 0.3) is 0 Å². The molecule has 1 aromatic carbocycles. The summed E-state index contributed by atoms with van der Waals surface area (Å²) in [5.74, 6) is 0.196. The monoisotopic (exact) mass is 261 g/mol. The lowest BCUT2D eigenvalue weighted by Crippen LogP contribution is -2.37. The highest BCUT2D eigenvalue weighted by Crippen LogP contribution is 2.22. The van der Waals surface area contributed by atoms with Crippen LogP contribution in [0.2, 0.25) is 0 Å². The Morgan fingerprint density at radius 3 is 3.28 bits per heavy atom. The summed E-state index contributed by atoms with van der Waals surface area (Å²) < 4.78 is 1.15. The largest absolute Gasteiger partial charge is 0.326 e. The molecule has 94 valence electrons. The van der Waals surface area contributed by atoms with Gasteiger partial charge in [0, 0.05) is 12.2 Å². The third-order valence-electron chi connectivity index (χ3n) is 3.27. The van der Waals surface area contributed by atoms with Gasteiger partial charge in [-0.1, -0.05) is 0 Å². The second kappa shape index (κ2) is 5.04. The van der Waals surface area contributed by atoms with Crippen molar-refractivity contribution >= 4 is 33.1 Å². The number of piperidine rings is 1. The van der Waals surface area contributed by atoms with E-state index in [0.29, 0.717) is 0 Å². The Kier molecular flexibility index (Phi) is 3.25. The quantitative estimate of drug-likeness (QED) is 0.871. The average Bonchev–Trinajstić information content (AvgIpc) is 2.87. The molecule has 18 heavy (non-hydrogen) atoms. The Balaban J connectivity index is 1.72. The number of aromatic nitrogens is 1. The fourth-order valence-electron chi connectivity index (χ4n) is 2.26. The smallest absolute Gasteiger partial charge is 0.228 e. The van der Waals surface area contributed by atoms with Crippen LogP contribution in [0.3, 0.4) is 0 Å². The molecule has 0 radical (unpaired) electrons. The zero-order valence-electron chi connectivity index (χ0n) is 9.98. The minimum Gasteiger partial charge on any atom is -0.326 e. The predicted octanol–water partition coefficient (Wildman–Crippen LogP) is 2.23. The summed E-state index contributed by atoms with van der Waals surface area (Å²) in [6.45, 7) is 1.80. The molecular weight excluding hydrogens is 246 g/mol. The number of hydrogen-bond donors (Lipinski definition) is 2. The molecule has 1 saturated heterocycles. The van der Waals surface area contributed by atoms with Crippen molar-refractivity contribution in [1.82, 2.24) is 10.3 Å². The lowest BCUT2D eigenvalue weighted by molar-refractivity contribution is -0.120. The van der Waals surface area contributed by atoms with Crippen LogP contribution in [-0.4, -0.2) is 24.0 Å². The lowest BCUT2D eigenvalue weighted by atomic mass is 9.99. The molecule has 0 aliphatic carbocycles. The topological polar surface area (TPSA) is 54.0 Å². The first-order valence-corrected chi connectivity index (χ1v) is 7.06. The third kappa shape index (κ3) is 2.37. The van der Waals surface area contributed by atoms with Crippen LogP contribution in [-0.2, 0) is 4.79 Å². The number of nitrogens with zero attached hydrogens (tertiary/aromatic N) is 1. The number of thiazole rings is 1. The number of anilines is 1. The second-order valence-electron chi connectivity index (χ2n) is 4.57. The molecule has 5 heteroatoms. The number of nitrogens with one attached hydrogen (secondary N) is 2. The predicted molar refractivity (Wildman–Crippen MR) is 73.8 cm³/mol. The van der Waals surface area contributed by atoms with Crippen LogP contribution in [0.25, 0.3) is 10.2 Å². The van der Waals surface area contributed by atoms with Crippen molar-refractivity contribution in [3.63, 3.8) is 0 Å². The maximum absolute atomic E-state index is 12.1. The average molecular weight is 261 g/mol. The first-order valence-electron chi connectivity index (χ1n) is 6.18. The van der Waals surface area contributed by atoms with Crippen molar-refractivity contribution in [2.75, 3.05) is 18.4 Å². The van der Waals surface area contributed by atoms with Crippen LogP contribution in [0.5, 0.6) is 0 Å². The summed E-state index contributed by atoms with van der Waals surface area (Å²) in [5, 5.41) is 6.23. The van der Waals surface area contributed by atoms with Crippen molar-refractivity contribution < 1.29 is 4.79 Å². The van der Waals surface area contributed by atoms with Crippen LogP contribution < -0.4 is 10.6 Å². The van der Waals surface area contributed by atoms with E-state index in [1.807, 2.05) is 23.7 Å². The highest BCUT2D eigenvalue weighted by Gasteiger charge is 2.20. The van der Waals surface area contributed by atoms with Gasteiger partial charge in [0.05, 0.1) is 21.6 Å². The Morgan fingerprint density at radius 2 is 2.44 bits per heavy atom. The minimum absolute atomic E-state index is 0.0879. The molecule has 1 aliphatic rings. The number of amides is 1. The van der Waals surface area contributed by atoms with Crippen molar-refractivity contribution in [2.45, 2.75) is 12.8 Å². The summed E-state index contributed by atoms with van der Waals surface area (Å²) in [7, 11) is 0. The number of carbonyl (C=O) groups excluding carboxylic acids is 1. The second-order valence-corrected chi connectivity index (χ2v) is 5.45. The van der Waals surface area contributed by atoms with Crippen LogP contribution in [0.4, 0.5) is 5.69 Å². The van der Waals surface area contributed by atoms with Gasteiger partial charge in [-0.05, 0) is 37.6 Å². The van der Waals surface area contributed by atoms with E-state index in [1.54, 1.807) is 11.3 Å².